The third-order valence-electron chi connectivity index (χ3n) is 3.61. The van der Waals surface area contributed by atoms with Crippen LogP contribution in [-0.2, 0) is 16.6 Å². The minimum Gasteiger partial charge on any atom is -0.495 e. The van der Waals surface area contributed by atoms with Gasteiger partial charge in [0.1, 0.15) is 16.5 Å². The Labute approximate surface area is 151 Å². The molecule has 0 fully saturated rings. The van der Waals surface area contributed by atoms with E-state index in [1.165, 1.54) is 34.5 Å². The van der Waals surface area contributed by atoms with Crippen LogP contribution >= 0.6 is 0 Å². The third kappa shape index (κ3) is 4.17. The Morgan fingerprint density at radius 1 is 0.885 bits per heavy atom. The Hall–Kier alpha value is -2.52. The van der Waals surface area contributed by atoms with Crippen molar-refractivity contribution in [1.29, 1.82) is 0 Å². The first-order valence-corrected chi connectivity index (χ1v) is 8.96. The van der Waals surface area contributed by atoms with Crippen LogP contribution in [0.15, 0.2) is 35.2 Å². The van der Waals surface area contributed by atoms with Crippen molar-refractivity contribution >= 4 is 10.0 Å². The van der Waals surface area contributed by atoms with E-state index in [1.807, 2.05) is 0 Å². The maximum absolute atomic E-state index is 13.5. The summed E-state index contributed by atoms with van der Waals surface area (Å²) < 4.78 is 61.6. The van der Waals surface area contributed by atoms with Crippen LogP contribution in [0.2, 0.25) is 0 Å². The van der Waals surface area contributed by atoms with Gasteiger partial charge in [-0.25, -0.2) is 17.5 Å². The van der Waals surface area contributed by atoms with E-state index in [-0.39, 0.29) is 17.2 Å². The maximum atomic E-state index is 13.5. The smallest absolute Gasteiger partial charge is 0.244 e. The number of rotatable bonds is 8. The summed E-state index contributed by atoms with van der Waals surface area (Å²) in [6, 6.07) is 6.51. The first kappa shape index (κ1) is 19.8. The van der Waals surface area contributed by atoms with E-state index in [4.69, 9.17) is 18.9 Å². The maximum Gasteiger partial charge on any atom is 0.244 e. The molecule has 0 bridgehead atoms. The molecule has 0 saturated carbocycles. The molecule has 0 aliphatic carbocycles. The van der Waals surface area contributed by atoms with Crippen molar-refractivity contribution in [3.63, 3.8) is 0 Å². The number of halogens is 1. The van der Waals surface area contributed by atoms with Gasteiger partial charge in [-0.15, -0.1) is 0 Å². The van der Waals surface area contributed by atoms with Crippen molar-refractivity contribution < 1.29 is 31.8 Å². The summed E-state index contributed by atoms with van der Waals surface area (Å²) in [5.74, 6) is 0.546. The molecule has 26 heavy (non-hydrogen) atoms. The van der Waals surface area contributed by atoms with Gasteiger partial charge in [-0.1, -0.05) is 0 Å². The number of hydrogen-bond donors (Lipinski definition) is 1. The molecule has 0 amide bonds. The third-order valence-corrected chi connectivity index (χ3v) is 5.03. The summed E-state index contributed by atoms with van der Waals surface area (Å²) in [4.78, 5) is -0.285. The van der Waals surface area contributed by atoms with Gasteiger partial charge in [-0.3, -0.25) is 0 Å². The predicted octanol–water partition coefficient (Wildman–Crippen LogP) is 2.34. The van der Waals surface area contributed by atoms with Crippen LogP contribution in [0.5, 0.6) is 23.0 Å². The number of benzene rings is 2. The van der Waals surface area contributed by atoms with Gasteiger partial charge in [0.2, 0.25) is 15.8 Å². The average Bonchev–Trinajstić information content (AvgIpc) is 2.65. The van der Waals surface area contributed by atoms with Crippen LogP contribution in [0.4, 0.5) is 4.39 Å². The van der Waals surface area contributed by atoms with Gasteiger partial charge < -0.3 is 18.9 Å². The van der Waals surface area contributed by atoms with Gasteiger partial charge in [0.25, 0.3) is 0 Å². The van der Waals surface area contributed by atoms with E-state index < -0.39 is 15.8 Å². The molecule has 0 aromatic heterocycles. The average molecular weight is 385 g/mol. The summed E-state index contributed by atoms with van der Waals surface area (Å²) in [6.45, 7) is -0.0707. The number of methoxy groups -OCH3 is 4. The molecular weight excluding hydrogens is 365 g/mol. The number of nitrogens with one attached hydrogen (secondary N) is 1. The number of ether oxygens (including phenoxy) is 4. The minimum atomic E-state index is -4.01. The van der Waals surface area contributed by atoms with E-state index in [0.717, 1.165) is 12.1 Å². The fourth-order valence-electron chi connectivity index (χ4n) is 2.35. The van der Waals surface area contributed by atoms with Gasteiger partial charge in [0.15, 0.2) is 11.5 Å². The quantitative estimate of drug-likeness (QED) is 0.751. The van der Waals surface area contributed by atoms with Gasteiger partial charge in [-0.05, 0) is 35.9 Å². The summed E-state index contributed by atoms with van der Waals surface area (Å²) >= 11 is 0. The van der Waals surface area contributed by atoms with Crippen molar-refractivity contribution in [3.05, 3.63) is 41.7 Å². The highest BCUT2D eigenvalue weighted by atomic mass is 32.2. The van der Waals surface area contributed by atoms with Crippen LogP contribution in [0.1, 0.15) is 5.56 Å². The fourth-order valence-corrected chi connectivity index (χ4v) is 3.55. The van der Waals surface area contributed by atoms with Crippen molar-refractivity contribution in [2.24, 2.45) is 0 Å². The molecule has 0 spiro atoms. The molecular formula is C17H20FNO6S. The lowest BCUT2D eigenvalue weighted by atomic mass is 10.2. The second-order valence-corrected chi connectivity index (χ2v) is 6.89. The molecule has 0 unspecified atom stereocenters. The SMILES string of the molecule is COc1ccc(F)cc1S(=O)(=O)NCc1cc(OC)c(OC)c(OC)c1. The molecule has 1 N–H and O–H groups in total. The topological polar surface area (TPSA) is 83.1 Å². The Kier molecular flexibility index (Phi) is 6.27. The molecule has 9 heteroatoms. The normalized spacial score (nSPS) is 11.1. The second-order valence-electron chi connectivity index (χ2n) is 5.15. The van der Waals surface area contributed by atoms with Crippen LogP contribution < -0.4 is 23.7 Å². The van der Waals surface area contributed by atoms with E-state index in [1.54, 1.807) is 12.1 Å². The van der Waals surface area contributed by atoms with E-state index in [2.05, 4.69) is 4.72 Å². The lowest BCUT2D eigenvalue weighted by molar-refractivity contribution is 0.323. The highest BCUT2D eigenvalue weighted by molar-refractivity contribution is 7.89. The number of hydrogen-bond acceptors (Lipinski definition) is 6. The van der Waals surface area contributed by atoms with Crippen molar-refractivity contribution in [2.75, 3.05) is 28.4 Å². The molecule has 7 nitrogen and oxygen atoms in total. The summed E-state index contributed by atoms with van der Waals surface area (Å²) in [5.41, 5.74) is 0.568. The Bertz CT molecular complexity index is 860. The van der Waals surface area contributed by atoms with Crippen molar-refractivity contribution in [3.8, 4) is 23.0 Å². The first-order valence-electron chi connectivity index (χ1n) is 7.48. The van der Waals surface area contributed by atoms with E-state index in [0.29, 0.717) is 22.8 Å². The number of sulfonamides is 1. The minimum absolute atomic E-state index is 0.0452. The highest BCUT2D eigenvalue weighted by Crippen LogP contribution is 2.38. The highest BCUT2D eigenvalue weighted by Gasteiger charge is 2.21. The standard InChI is InChI=1S/C17H20FNO6S/c1-22-13-6-5-12(18)9-16(13)26(20,21)19-10-11-7-14(23-2)17(25-4)15(8-11)24-3/h5-9,19H,10H2,1-4H3. The van der Waals surface area contributed by atoms with Gasteiger partial charge >= 0.3 is 0 Å². The van der Waals surface area contributed by atoms with Crippen molar-refractivity contribution in [1.82, 2.24) is 4.72 Å². The lowest BCUT2D eigenvalue weighted by Crippen LogP contribution is -2.24. The van der Waals surface area contributed by atoms with Crippen LogP contribution in [0.25, 0.3) is 0 Å². The molecule has 2 rings (SSSR count). The van der Waals surface area contributed by atoms with Gasteiger partial charge in [-0.2, -0.15) is 0 Å². The Balaban J connectivity index is 2.32. The lowest BCUT2D eigenvalue weighted by Gasteiger charge is -2.15. The van der Waals surface area contributed by atoms with Crippen LogP contribution in [0, 0.1) is 5.82 Å². The molecule has 0 heterocycles. The molecule has 0 radical (unpaired) electrons. The zero-order valence-electron chi connectivity index (χ0n) is 14.8. The molecule has 2 aromatic carbocycles. The molecule has 0 saturated heterocycles. The van der Waals surface area contributed by atoms with E-state index in [9.17, 15) is 12.8 Å². The van der Waals surface area contributed by atoms with Crippen LogP contribution in [0.3, 0.4) is 0 Å². The second kappa shape index (κ2) is 8.24. The molecule has 0 aliphatic heterocycles. The Morgan fingerprint density at radius 3 is 1.96 bits per heavy atom. The van der Waals surface area contributed by atoms with E-state index >= 15 is 0 Å². The van der Waals surface area contributed by atoms with Crippen LogP contribution in [-0.4, -0.2) is 36.9 Å². The van der Waals surface area contributed by atoms with Gasteiger partial charge in [0, 0.05) is 6.54 Å². The molecule has 142 valence electrons. The zero-order chi connectivity index (χ0) is 19.3. The summed E-state index contributed by atoms with van der Waals surface area (Å²) in [7, 11) is 1.70. The fraction of sp³-hybridized carbons (Fsp3) is 0.294. The first-order chi connectivity index (χ1) is 12.4. The Morgan fingerprint density at radius 2 is 1.46 bits per heavy atom. The zero-order valence-corrected chi connectivity index (χ0v) is 15.6. The summed E-state index contributed by atoms with van der Waals surface area (Å²) in [5, 5.41) is 0. The van der Waals surface area contributed by atoms with Gasteiger partial charge in [0.05, 0.1) is 28.4 Å². The largest absolute Gasteiger partial charge is 0.495 e. The molecule has 0 aliphatic rings. The van der Waals surface area contributed by atoms with Crippen molar-refractivity contribution in [2.45, 2.75) is 11.4 Å². The predicted molar refractivity (Wildman–Crippen MR) is 93.1 cm³/mol. The molecule has 0 atom stereocenters. The monoisotopic (exact) mass is 385 g/mol. The summed E-state index contributed by atoms with van der Waals surface area (Å²) in [6.07, 6.45) is 0. The molecule has 2 aromatic rings.